The Morgan fingerprint density at radius 2 is 2.30 bits per heavy atom. The number of halogens is 1. The van der Waals surface area contributed by atoms with Gasteiger partial charge in [-0.2, -0.15) is 0 Å². The maximum Gasteiger partial charge on any atom is 0.320 e. The third kappa shape index (κ3) is 4.05. The molecule has 0 spiro atoms. The van der Waals surface area contributed by atoms with Gasteiger partial charge in [0, 0.05) is 3.92 Å². The van der Waals surface area contributed by atoms with Crippen molar-refractivity contribution < 1.29 is 9.90 Å². The molecule has 0 bridgehead atoms. The van der Waals surface area contributed by atoms with Crippen LogP contribution in [-0.2, 0) is 4.79 Å². The van der Waals surface area contributed by atoms with Gasteiger partial charge in [-0.1, -0.05) is 29.5 Å². The van der Waals surface area contributed by atoms with E-state index in [-0.39, 0.29) is 0 Å². The van der Waals surface area contributed by atoms with Crippen molar-refractivity contribution in [1.29, 1.82) is 0 Å². The molecule has 60 valence electrons. The lowest BCUT2D eigenvalue weighted by molar-refractivity contribution is -0.139. The molecule has 2 unspecified atom stereocenters. The first-order valence-electron chi connectivity index (χ1n) is 3.12. The van der Waals surface area contributed by atoms with E-state index in [4.69, 9.17) is 5.11 Å². The molecule has 0 fully saturated rings. The Morgan fingerprint density at radius 3 is 2.40 bits per heavy atom. The summed E-state index contributed by atoms with van der Waals surface area (Å²) in [6.45, 7) is 1.99. The molecule has 0 rings (SSSR count). The van der Waals surface area contributed by atoms with E-state index in [9.17, 15) is 4.79 Å². The monoisotopic (exact) mass is 257 g/mol. The second kappa shape index (κ2) is 4.90. The molecular formula is C6H12INO2. The van der Waals surface area contributed by atoms with Crippen LogP contribution in [0.2, 0.25) is 0 Å². The highest BCUT2D eigenvalue weighted by molar-refractivity contribution is 14.1. The SMILES string of the molecule is CNC(CC(C)I)C(=O)O. The zero-order chi connectivity index (χ0) is 8.15. The second-order valence-electron chi connectivity index (χ2n) is 2.20. The first-order chi connectivity index (χ1) is 4.57. The number of hydrogen-bond acceptors (Lipinski definition) is 2. The van der Waals surface area contributed by atoms with Crippen LogP contribution in [0.1, 0.15) is 13.3 Å². The number of aliphatic carboxylic acids is 1. The first-order valence-corrected chi connectivity index (χ1v) is 4.36. The number of likely N-dealkylation sites (N-methyl/N-ethyl adjacent to an activating group) is 1. The van der Waals surface area contributed by atoms with Crippen molar-refractivity contribution in [2.75, 3.05) is 7.05 Å². The minimum absolute atomic E-state index is 0.395. The number of carbonyl (C=O) groups is 1. The average molecular weight is 257 g/mol. The Kier molecular flexibility index (Phi) is 4.98. The lowest BCUT2D eigenvalue weighted by Crippen LogP contribution is -2.35. The van der Waals surface area contributed by atoms with Gasteiger partial charge in [0.15, 0.2) is 0 Å². The van der Waals surface area contributed by atoms with Crippen LogP contribution in [0.4, 0.5) is 0 Å². The summed E-state index contributed by atoms with van der Waals surface area (Å²) < 4.78 is 0.395. The molecule has 0 aliphatic heterocycles. The van der Waals surface area contributed by atoms with Crippen molar-refractivity contribution in [3.05, 3.63) is 0 Å². The van der Waals surface area contributed by atoms with Crippen molar-refractivity contribution in [1.82, 2.24) is 5.32 Å². The van der Waals surface area contributed by atoms with Crippen LogP contribution in [0.5, 0.6) is 0 Å². The first kappa shape index (κ1) is 10.2. The minimum Gasteiger partial charge on any atom is -0.480 e. The van der Waals surface area contributed by atoms with Gasteiger partial charge in [-0.3, -0.25) is 4.79 Å². The Morgan fingerprint density at radius 1 is 1.80 bits per heavy atom. The van der Waals surface area contributed by atoms with E-state index in [1.807, 2.05) is 6.92 Å². The summed E-state index contributed by atoms with van der Waals surface area (Å²) in [7, 11) is 1.66. The highest BCUT2D eigenvalue weighted by Crippen LogP contribution is 2.07. The van der Waals surface area contributed by atoms with Gasteiger partial charge in [-0.15, -0.1) is 0 Å². The van der Waals surface area contributed by atoms with E-state index in [1.54, 1.807) is 7.05 Å². The van der Waals surface area contributed by atoms with Gasteiger partial charge in [0.1, 0.15) is 6.04 Å². The largest absolute Gasteiger partial charge is 0.480 e. The van der Waals surface area contributed by atoms with Gasteiger partial charge in [0.25, 0.3) is 0 Å². The third-order valence-electron chi connectivity index (χ3n) is 1.21. The molecule has 0 saturated carbocycles. The molecule has 0 saturated heterocycles. The predicted molar refractivity (Wildman–Crippen MR) is 48.6 cm³/mol. The number of rotatable bonds is 4. The number of alkyl halides is 1. The highest BCUT2D eigenvalue weighted by Gasteiger charge is 2.15. The molecule has 3 nitrogen and oxygen atoms in total. The molecule has 0 aliphatic carbocycles. The normalized spacial score (nSPS) is 16.3. The zero-order valence-corrected chi connectivity index (χ0v) is 8.25. The molecule has 2 N–H and O–H groups in total. The summed E-state index contributed by atoms with van der Waals surface area (Å²) in [6.07, 6.45) is 0.673. The average Bonchev–Trinajstić information content (AvgIpc) is 1.81. The maximum atomic E-state index is 10.4. The van der Waals surface area contributed by atoms with E-state index < -0.39 is 12.0 Å². The van der Waals surface area contributed by atoms with Crippen molar-refractivity contribution in [3.8, 4) is 0 Å². The van der Waals surface area contributed by atoms with Crippen LogP contribution in [0, 0.1) is 0 Å². The van der Waals surface area contributed by atoms with Crippen LogP contribution >= 0.6 is 22.6 Å². The molecule has 0 heterocycles. The van der Waals surface area contributed by atoms with Gasteiger partial charge >= 0.3 is 5.97 Å². The Labute approximate surface area is 74.3 Å². The van der Waals surface area contributed by atoms with Gasteiger partial charge in [-0.05, 0) is 13.5 Å². The summed E-state index contributed by atoms with van der Waals surface area (Å²) in [5, 5.41) is 11.3. The van der Waals surface area contributed by atoms with Gasteiger partial charge in [0.2, 0.25) is 0 Å². The minimum atomic E-state index is -0.772. The topological polar surface area (TPSA) is 49.3 Å². The van der Waals surface area contributed by atoms with Crippen LogP contribution in [0.15, 0.2) is 0 Å². The molecule has 0 aliphatic rings. The van der Waals surface area contributed by atoms with E-state index in [0.717, 1.165) is 0 Å². The molecule has 0 aromatic heterocycles. The van der Waals surface area contributed by atoms with Crippen molar-refractivity contribution in [2.45, 2.75) is 23.3 Å². The third-order valence-corrected chi connectivity index (χ3v) is 1.72. The molecule has 0 aromatic rings. The lowest BCUT2D eigenvalue weighted by atomic mass is 10.2. The Bertz CT molecular complexity index is 116. The van der Waals surface area contributed by atoms with E-state index in [1.165, 1.54) is 0 Å². The second-order valence-corrected chi connectivity index (χ2v) is 4.32. The van der Waals surface area contributed by atoms with Gasteiger partial charge < -0.3 is 10.4 Å². The smallest absolute Gasteiger partial charge is 0.320 e. The summed E-state index contributed by atoms with van der Waals surface area (Å²) in [5.74, 6) is -0.772. The molecule has 0 radical (unpaired) electrons. The van der Waals surface area contributed by atoms with Crippen LogP contribution in [0.25, 0.3) is 0 Å². The van der Waals surface area contributed by atoms with Crippen molar-refractivity contribution >= 4 is 28.6 Å². The van der Waals surface area contributed by atoms with Crippen LogP contribution in [0.3, 0.4) is 0 Å². The van der Waals surface area contributed by atoms with Crippen molar-refractivity contribution in [3.63, 3.8) is 0 Å². The number of nitrogens with one attached hydrogen (secondary N) is 1. The highest BCUT2D eigenvalue weighted by atomic mass is 127. The molecule has 0 amide bonds. The fourth-order valence-electron chi connectivity index (χ4n) is 0.667. The van der Waals surface area contributed by atoms with Gasteiger partial charge in [0.05, 0.1) is 0 Å². The standard InChI is InChI=1S/C6H12INO2/c1-4(7)3-5(8-2)6(9)10/h4-5,8H,3H2,1-2H3,(H,9,10). The Balaban J connectivity index is 3.72. The molecule has 10 heavy (non-hydrogen) atoms. The molecule has 2 atom stereocenters. The van der Waals surface area contributed by atoms with E-state index in [2.05, 4.69) is 27.9 Å². The van der Waals surface area contributed by atoms with Crippen molar-refractivity contribution in [2.24, 2.45) is 0 Å². The summed E-state index contributed by atoms with van der Waals surface area (Å²) >= 11 is 2.21. The van der Waals surface area contributed by atoms with Crippen LogP contribution < -0.4 is 5.32 Å². The maximum absolute atomic E-state index is 10.4. The van der Waals surface area contributed by atoms with Crippen LogP contribution in [-0.4, -0.2) is 28.1 Å². The molecule has 4 heteroatoms. The summed E-state index contributed by atoms with van der Waals surface area (Å²) in [4.78, 5) is 10.4. The van der Waals surface area contributed by atoms with E-state index >= 15 is 0 Å². The zero-order valence-electron chi connectivity index (χ0n) is 6.10. The number of carboxylic acids is 1. The summed E-state index contributed by atoms with van der Waals surface area (Å²) in [6, 6.07) is -0.396. The predicted octanol–water partition coefficient (Wildman–Crippen LogP) is 0.873. The Hall–Kier alpha value is 0.160. The fraction of sp³-hybridized carbons (Fsp3) is 0.833. The van der Waals surface area contributed by atoms with E-state index in [0.29, 0.717) is 10.3 Å². The quantitative estimate of drug-likeness (QED) is 0.580. The molecule has 0 aromatic carbocycles. The van der Waals surface area contributed by atoms with Gasteiger partial charge in [-0.25, -0.2) is 0 Å². The summed E-state index contributed by atoms with van der Waals surface area (Å²) in [5.41, 5.74) is 0. The fourth-order valence-corrected chi connectivity index (χ4v) is 1.18. The molecular weight excluding hydrogens is 245 g/mol. The lowest BCUT2D eigenvalue weighted by Gasteiger charge is -2.11. The number of carboxylic acid groups (broad SMARTS) is 1. The number of hydrogen-bond donors (Lipinski definition) is 2.